The third kappa shape index (κ3) is 3.50. The van der Waals surface area contributed by atoms with Crippen LogP contribution < -0.4 is 5.32 Å². The topological polar surface area (TPSA) is 24.9 Å². The highest BCUT2D eigenvalue weighted by Crippen LogP contribution is 2.45. The molecule has 1 aliphatic carbocycles. The van der Waals surface area contributed by atoms with E-state index < -0.39 is 0 Å². The molecular weight excluding hydrogens is 352 g/mol. The first-order valence-electron chi connectivity index (χ1n) is 6.91. The van der Waals surface area contributed by atoms with Crippen molar-refractivity contribution in [3.05, 3.63) is 26.5 Å². The van der Waals surface area contributed by atoms with Crippen molar-refractivity contribution in [3.8, 4) is 9.88 Å². The fourth-order valence-electron chi connectivity index (χ4n) is 2.04. The maximum atomic E-state index is 4.92. The third-order valence-corrected chi connectivity index (χ3v) is 6.18. The average Bonchev–Trinajstić information content (AvgIpc) is 2.96. The van der Waals surface area contributed by atoms with E-state index in [0.717, 1.165) is 11.0 Å². The van der Waals surface area contributed by atoms with Gasteiger partial charge < -0.3 is 5.32 Å². The number of hydrogen-bond acceptors (Lipinski definition) is 4. The highest BCUT2D eigenvalue weighted by Gasteiger charge is 2.30. The average molecular weight is 371 g/mol. The molecule has 108 valence electrons. The van der Waals surface area contributed by atoms with E-state index in [1.165, 1.54) is 33.3 Å². The fourth-order valence-corrected chi connectivity index (χ4v) is 4.62. The molecule has 3 rings (SSSR count). The zero-order chi connectivity index (χ0) is 14.3. The number of aromatic nitrogens is 1. The summed E-state index contributed by atoms with van der Waals surface area (Å²) in [5.41, 5.74) is 1.49. The second kappa shape index (κ2) is 5.52. The summed E-state index contributed by atoms with van der Waals surface area (Å²) < 4.78 is 1.15. The zero-order valence-corrected chi connectivity index (χ0v) is 15.2. The highest BCUT2D eigenvalue weighted by atomic mass is 79.9. The molecule has 0 amide bonds. The second-order valence-corrected chi connectivity index (χ2v) is 9.24. The van der Waals surface area contributed by atoms with Crippen molar-refractivity contribution in [3.63, 3.8) is 0 Å². The lowest BCUT2D eigenvalue weighted by Gasteiger charge is -2.20. The summed E-state index contributed by atoms with van der Waals surface area (Å²) in [4.78, 5) is 7.61. The van der Waals surface area contributed by atoms with Gasteiger partial charge in [0.2, 0.25) is 0 Å². The maximum absolute atomic E-state index is 4.92. The molecule has 2 nitrogen and oxygen atoms in total. The number of nitrogens with one attached hydrogen (secondary N) is 1. The summed E-state index contributed by atoms with van der Waals surface area (Å²) in [6.45, 7) is 7.56. The van der Waals surface area contributed by atoms with Gasteiger partial charge in [-0.15, -0.1) is 22.7 Å². The maximum Gasteiger partial charge on any atom is 0.133 e. The van der Waals surface area contributed by atoms with Gasteiger partial charge in [-0.1, -0.05) is 0 Å². The van der Waals surface area contributed by atoms with E-state index in [2.05, 4.69) is 53.5 Å². The van der Waals surface area contributed by atoms with Crippen molar-refractivity contribution < 1.29 is 0 Å². The van der Waals surface area contributed by atoms with E-state index in [1.54, 1.807) is 11.3 Å². The van der Waals surface area contributed by atoms with Crippen LogP contribution in [0.15, 0.2) is 15.9 Å². The lowest BCUT2D eigenvalue weighted by Crippen LogP contribution is -2.35. The summed E-state index contributed by atoms with van der Waals surface area (Å²) in [6, 6.07) is 2.17. The molecule has 2 aromatic rings. The van der Waals surface area contributed by atoms with Gasteiger partial charge in [0.1, 0.15) is 5.01 Å². The van der Waals surface area contributed by atoms with Crippen LogP contribution >= 0.6 is 38.6 Å². The predicted octanol–water partition coefficient (Wildman–Crippen LogP) is 5.40. The van der Waals surface area contributed by atoms with Crippen LogP contribution in [0.4, 0.5) is 0 Å². The van der Waals surface area contributed by atoms with E-state index in [0.29, 0.717) is 5.92 Å². The van der Waals surface area contributed by atoms with Crippen LogP contribution in [0, 0.1) is 0 Å². The van der Waals surface area contributed by atoms with Crippen LogP contribution in [-0.4, -0.2) is 10.5 Å². The summed E-state index contributed by atoms with van der Waals surface area (Å²) in [6.07, 6.45) is 2.61. The second-order valence-electron chi connectivity index (χ2n) is 6.33. The van der Waals surface area contributed by atoms with E-state index in [4.69, 9.17) is 4.98 Å². The van der Waals surface area contributed by atoms with Crippen molar-refractivity contribution >= 4 is 38.6 Å². The van der Waals surface area contributed by atoms with Gasteiger partial charge in [0.05, 0.1) is 10.6 Å². The molecule has 1 saturated carbocycles. The molecule has 0 aromatic carbocycles. The van der Waals surface area contributed by atoms with Crippen molar-refractivity contribution in [2.75, 3.05) is 0 Å². The SMILES string of the molecule is CC(C)(C)NCc1sc(-c2cc(Br)cs2)nc1C1CC1. The van der Waals surface area contributed by atoms with Crippen LogP contribution in [0.3, 0.4) is 0 Å². The number of rotatable bonds is 4. The van der Waals surface area contributed by atoms with E-state index in [9.17, 15) is 0 Å². The monoisotopic (exact) mass is 370 g/mol. The molecule has 0 aliphatic heterocycles. The number of hydrogen-bond donors (Lipinski definition) is 1. The minimum atomic E-state index is 0.150. The van der Waals surface area contributed by atoms with Gasteiger partial charge >= 0.3 is 0 Å². The lowest BCUT2D eigenvalue weighted by molar-refractivity contribution is 0.425. The molecule has 5 heteroatoms. The molecule has 1 N–H and O–H groups in total. The Labute approximate surface area is 136 Å². The Morgan fingerprint density at radius 1 is 1.40 bits per heavy atom. The Balaban J connectivity index is 1.86. The molecule has 0 saturated heterocycles. The van der Waals surface area contributed by atoms with Gasteiger partial charge in [0.15, 0.2) is 0 Å². The van der Waals surface area contributed by atoms with Crippen LogP contribution in [0.25, 0.3) is 9.88 Å². The molecule has 0 bridgehead atoms. The molecular formula is C15H19BrN2S2. The number of nitrogens with zero attached hydrogens (tertiary/aromatic N) is 1. The number of thiophene rings is 1. The largest absolute Gasteiger partial charge is 0.307 e. The quantitative estimate of drug-likeness (QED) is 0.778. The normalized spacial score (nSPS) is 15.8. The van der Waals surface area contributed by atoms with Gasteiger partial charge in [-0.3, -0.25) is 0 Å². The summed E-state index contributed by atoms with van der Waals surface area (Å²) in [5, 5.41) is 6.90. The number of thiazole rings is 1. The van der Waals surface area contributed by atoms with Crippen molar-refractivity contribution in [1.29, 1.82) is 0 Å². The molecule has 0 radical (unpaired) electrons. The third-order valence-electron chi connectivity index (χ3n) is 3.25. The number of halogens is 1. The first-order chi connectivity index (χ1) is 9.42. The van der Waals surface area contributed by atoms with Gasteiger partial charge in [-0.25, -0.2) is 4.98 Å². The standard InChI is InChI=1S/C15H19BrN2S2/c1-15(2,3)17-7-12-13(9-4-5-9)18-14(20-12)11-6-10(16)8-19-11/h6,8-9,17H,4-5,7H2,1-3H3. The van der Waals surface area contributed by atoms with Crippen molar-refractivity contribution in [1.82, 2.24) is 10.3 Å². The van der Waals surface area contributed by atoms with Gasteiger partial charge in [-0.2, -0.15) is 0 Å². The van der Waals surface area contributed by atoms with Crippen molar-refractivity contribution in [2.45, 2.75) is 51.6 Å². The molecule has 20 heavy (non-hydrogen) atoms. The van der Waals surface area contributed by atoms with Crippen LogP contribution in [0.1, 0.15) is 50.1 Å². The van der Waals surface area contributed by atoms with Crippen LogP contribution in [0.2, 0.25) is 0 Å². The Morgan fingerprint density at radius 2 is 2.15 bits per heavy atom. The minimum Gasteiger partial charge on any atom is -0.307 e. The predicted molar refractivity (Wildman–Crippen MR) is 91.7 cm³/mol. The Morgan fingerprint density at radius 3 is 2.70 bits per heavy atom. The van der Waals surface area contributed by atoms with Gasteiger partial charge in [0, 0.05) is 32.7 Å². The minimum absolute atomic E-state index is 0.150. The Kier molecular flexibility index (Phi) is 4.06. The molecule has 2 heterocycles. The highest BCUT2D eigenvalue weighted by molar-refractivity contribution is 9.10. The van der Waals surface area contributed by atoms with E-state index in [-0.39, 0.29) is 5.54 Å². The van der Waals surface area contributed by atoms with E-state index >= 15 is 0 Å². The van der Waals surface area contributed by atoms with Crippen molar-refractivity contribution in [2.24, 2.45) is 0 Å². The first kappa shape index (κ1) is 14.7. The molecule has 0 unspecified atom stereocenters. The summed E-state index contributed by atoms with van der Waals surface area (Å²) in [5.74, 6) is 0.708. The molecule has 1 fully saturated rings. The fraction of sp³-hybridized carbons (Fsp3) is 0.533. The van der Waals surface area contributed by atoms with E-state index in [1.807, 2.05) is 11.3 Å². The molecule has 0 atom stereocenters. The summed E-state index contributed by atoms with van der Waals surface area (Å²) in [7, 11) is 0. The van der Waals surface area contributed by atoms with Crippen LogP contribution in [0.5, 0.6) is 0 Å². The smallest absolute Gasteiger partial charge is 0.133 e. The first-order valence-corrected chi connectivity index (χ1v) is 9.40. The lowest BCUT2D eigenvalue weighted by atomic mass is 10.1. The van der Waals surface area contributed by atoms with Gasteiger partial charge in [-0.05, 0) is 55.6 Å². The Hall–Kier alpha value is -0.230. The summed E-state index contributed by atoms with van der Waals surface area (Å²) >= 11 is 7.14. The molecule has 0 spiro atoms. The zero-order valence-electron chi connectivity index (χ0n) is 12.0. The Bertz CT molecular complexity index is 606. The molecule has 2 aromatic heterocycles. The van der Waals surface area contributed by atoms with Gasteiger partial charge in [0.25, 0.3) is 0 Å². The van der Waals surface area contributed by atoms with Crippen LogP contribution in [-0.2, 0) is 6.54 Å². The molecule has 1 aliphatic rings.